The predicted molar refractivity (Wildman–Crippen MR) is 54.4 cm³/mol. The molecule has 0 spiro atoms. The Kier molecular flexibility index (Phi) is 3.26. The van der Waals surface area contributed by atoms with E-state index in [-0.39, 0.29) is 0 Å². The van der Waals surface area contributed by atoms with Crippen LogP contribution in [-0.2, 0) is 0 Å². The van der Waals surface area contributed by atoms with Crippen LogP contribution in [-0.4, -0.2) is 12.0 Å². The van der Waals surface area contributed by atoms with Gasteiger partial charge in [0, 0.05) is 22.0 Å². The number of pyridine rings is 1. The molecule has 0 radical (unpaired) electrons. The van der Waals surface area contributed by atoms with E-state index in [1.807, 2.05) is 19.4 Å². The van der Waals surface area contributed by atoms with E-state index in [9.17, 15) is 0 Å². The maximum Gasteiger partial charge on any atom is 0.0401 e. The molecular formula is C8H11IN2. The van der Waals surface area contributed by atoms with Gasteiger partial charge in [0.2, 0.25) is 0 Å². The fourth-order valence-electron chi connectivity index (χ4n) is 0.832. The van der Waals surface area contributed by atoms with Gasteiger partial charge in [0.25, 0.3) is 0 Å². The highest BCUT2D eigenvalue weighted by Gasteiger charge is 2.01. The normalized spacial score (nSPS) is 13.0. The minimum absolute atomic E-state index is 0.386. The number of nitrogens with one attached hydrogen (secondary N) is 1. The third-order valence-corrected chi connectivity index (χ3v) is 2.25. The van der Waals surface area contributed by atoms with Crippen molar-refractivity contribution in [1.82, 2.24) is 10.3 Å². The highest BCUT2D eigenvalue weighted by molar-refractivity contribution is 14.1. The van der Waals surface area contributed by atoms with Gasteiger partial charge in [0.1, 0.15) is 0 Å². The Morgan fingerprint density at radius 2 is 2.27 bits per heavy atom. The number of halogens is 1. The van der Waals surface area contributed by atoms with Crippen molar-refractivity contribution in [3.63, 3.8) is 0 Å². The van der Waals surface area contributed by atoms with Crippen LogP contribution < -0.4 is 5.32 Å². The van der Waals surface area contributed by atoms with Crippen molar-refractivity contribution < 1.29 is 0 Å². The summed E-state index contributed by atoms with van der Waals surface area (Å²) in [6, 6.07) is 2.52. The lowest BCUT2D eigenvalue weighted by Crippen LogP contribution is -2.12. The second kappa shape index (κ2) is 4.01. The van der Waals surface area contributed by atoms with Gasteiger partial charge in [-0.15, -0.1) is 0 Å². The zero-order chi connectivity index (χ0) is 8.27. The molecule has 1 aromatic rings. The van der Waals surface area contributed by atoms with Gasteiger partial charge in [-0.3, -0.25) is 4.98 Å². The molecule has 1 heterocycles. The highest BCUT2D eigenvalue weighted by Crippen LogP contribution is 2.12. The molecule has 0 saturated carbocycles. The number of hydrogen-bond acceptors (Lipinski definition) is 2. The lowest BCUT2D eigenvalue weighted by atomic mass is 10.1. The monoisotopic (exact) mass is 262 g/mol. The van der Waals surface area contributed by atoms with E-state index in [1.165, 1.54) is 9.13 Å². The van der Waals surface area contributed by atoms with Crippen LogP contribution in [0.3, 0.4) is 0 Å². The molecule has 60 valence electrons. The lowest BCUT2D eigenvalue weighted by molar-refractivity contribution is 0.649. The SMILES string of the molecule is CN[C@@H](C)c1cncc(I)c1. The first-order valence-electron chi connectivity index (χ1n) is 3.51. The molecule has 0 aromatic carbocycles. The van der Waals surface area contributed by atoms with Gasteiger partial charge in [-0.1, -0.05) is 0 Å². The molecule has 1 atom stereocenters. The van der Waals surface area contributed by atoms with Crippen molar-refractivity contribution in [1.29, 1.82) is 0 Å². The summed E-state index contributed by atoms with van der Waals surface area (Å²) in [5.41, 5.74) is 1.24. The zero-order valence-corrected chi connectivity index (χ0v) is 8.79. The number of hydrogen-bond donors (Lipinski definition) is 1. The average molecular weight is 262 g/mol. The second-order valence-corrected chi connectivity index (χ2v) is 3.69. The lowest BCUT2D eigenvalue weighted by Gasteiger charge is -2.09. The first-order chi connectivity index (χ1) is 5.24. The Morgan fingerprint density at radius 1 is 1.55 bits per heavy atom. The van der Waals surface area contributed by atoms with E-state index in [4.69, 9.17) is 0 Å². The topological polar surface area (TPSA) is 24.9 Å². The first kappa shape index (κ1) is 8.93. The number of aromatic nitrogens is 1. The van der Waals surface area contributed by atoms with E-state index >= 15 is 0 Å². The van der Waals surface area contributed by atoms with Crippen LogP contribution in [0.4, 0.5) is 0 Å². The Balaban J connectivity index is 2.86. The van der Waals surface area contributed by atoms with E-state index in [2.05, 4.69) is 45.9 Å². The first-order valence-corrected chi connectivity index (χ1v) is 4.59. The smallest absolute Gasteiger partial charge is 0.0401 e. The molecule has 3 heteroatoms. The maximum absolute atomic E-state index is 4.11. The minimum atomic E-state index is 0.386. The summed E-state index contributed by atoms with van der Waals surface area (Å²) in [5, 5.41) is 3.17. The summed E-state index contributed by atoms with van der Waals surface area (Å²) >= 11 is 2.26. The fourth-order valence-corrected chi connectivity index (χ4v) is 1.35. The van der Waals surface area contributed by atoms with Crippen molar-refractivity contribution in [3.05, 3.63) is 27.6 Å². The fraction of sp³-hybridized carbons (Fsp3) is 0.375. The largest absolute Gasteiger partial charge is 0.313 e. The Labute approximate surface area is 80.6 Å². The molecule has 0 fully saturated rings. The third-order valence-electron chi connectivity index (χ3n) is 1.66. The van der Waals surface area contributed by atoms with Crippen LogP contribution >= 0.6 is 22.6 Å². The van der Waals surface area contributed by atoms with Crippen molar-refractivity contribution in [2.75, 3.05) is 7.05 Å². The Hall–Kier alpha value is -0.160. The molecule has 1 rings (SSSR count). The average Bonchev–Trinajstić information content (AvgIpc) is 2.03. The molecular weight excluding hydrogens is 251 g/mol. The van der Waals surface area contributed by atoms with Crippen molar-refractivity contribution in [2.24, 2.45) is 0 Å². The molecule has 11 heavy (non-hydrogen) atoms. The van der Waals surface area contributed by atoms with E-state index in [0.717, 1.165) is 0 Å². The van der Waals surface area contributed by atoms with Gasteiger partial charge in [0.15, 0.2) is 0 Å². The molecule has 0 aliphatic carbocycles. The highest BCUT2D eigenvalue weighted by atomic mass is 127. The minimum Gasteiger partial charge on any atom is -0.313 e. The summed E-state index contributed by atoms with van der Waals surface area (Å²) in [6.45, 7) is 2.12. The van der Waals surface area contributed by atoms with E-state index in [1.54, 1.807) is 0 Å². The number of nitrogens with zero attached hydrogens (tertiary/aromatic N) is 1. The van der Waals surface area contributed by atoms with Crippen LogP contribution in [0.25, 0.3) is 0 Å². The molecule has 2 nitrogen and oxygen atoms in total. The molecule has 1 N–H and O–H groups in total. The molecule has 0 aliphatic heterocycles. The van der Waals surface area contributed by atoms with Gasteiger partial charge in [-0.2, -0.15) is 0 Å². The van der Waals surface area contributed by atoms with Gasteiger partial charge < -0.3 is 5.32 Å². The molecule has 0 amide bonds. The van der Waals surface area contributed by atoms with Gasteiger partial charge in [-0.25, -0.2) is 0 Å². The Bertz CT molecular complexity index is 237. The van der Waals surface area contributed by atoms with Crippen LogP contribution in [0.15, 0.2) is 18.5 Å². The van der Waals surface area contributed by atoms with Crippen LogP contribution in [0.2, 0.25) is 0 Å². The van der Waals surface area contributed by atoms with E-state index < -0.39 is 0 Å². The summed E-state index contributed by atoms with van der Waals surface area (Å²) in [4.78, 5) is 4.11. The molecule has 0 saturated heterocycles. The standard InChI is InChI=1S/C8H11IN2/c1-6(10-2)7-3-8(9)5-11-4-7/h3-6,10H,1-2H3/t6-/m0/s1. The number of rotatable bonds is 2. The molecule has 0 bridgehead atoms. The molecule has 0 unspecified atom stereocenters. The van der Waals surface area contributed by atoms with Crippen molar-refractivity contribution in [3.8, 4) is 0 Å². The third kappa shape index (κ3) is 2.41. The van der Waals surface area contributed by atoms with E-state index in [0.29, 0.717) is 6.04 Å². The van der Waals surface area contributed by atoms with Crippen LogP contribution in [0, 0.1) is 3.57 Å². The predicted octanol–water partition coefficient (Wildman–Crippen LogP) is 1.97. The zero-order valence-electron chi connectivity index (χ0n) is 6.63. The van der Waals surface area contributed by atoms with Crippen molar-refractivity contribution in [2.45, 2.75) is 13.0 Å². The second-order valence-electron chi connectivity index (χ2n) is 2.45. The molecule has 1 aromatic heterocycles. The summed E-state index contributed by atoms with van der Waals surface area (Å²) in [6.07, 6.45) is 3.75. The van der Waals surface area contributed by atoms with Gasteiger partial charge >= 0.3 is 0 Å². The quantitative estimate of drug-likeness (QED) is 0.824. The van der Waals surface area contributed by atoms with Gasteiger partial charge in [-0.05, 0) is 48.2 Å². The summed E-state index contributed by atoms with van der Waals surface area (Å²) in [5.74, 6) is 0. The van der Waals surface area contributed by atoms with Crippen LogP contribution in [0.5, 0.6) is 0 Å². The van der Waals surface area contributed by atoms with Gasteiger partial charge in [0.05, 0.1) is 0 Å². The van der Waals surface area contributed by atoms with Crippen LogP contribution in [0.1, 0.15) is 18.5 Å². The van der Waals surface area contributed by atoms with Crippen molar-refractivity contribution >= 4 is 22.6 Å². The summed E-state index contributed by atoms with van der Waals surface area (Å²) in [7, 11) is 1.95. The molecule has 0 aliphatic rings. The Morgan fingerprint density at radius 3 is 2.82 bits per heavy atom. The maximum atomic E-state index is 4.11. The summed E-state index contributed by atoms with van der Waals surface area (Å²) < 4.78 is 1.18.